The van der Waals surface area contributed by atoms with Gasteiger partial charge in [0.1, 0.15) is 0 Å². The Bertz CT molecular complexity index is 3180. The summed E-state index contributed by atoms with van der Waals surface area (Å²) in [7, 11) is 0. The average molecular weight is 728 g/mol. The van der Waals surface area contributed by atoms with E-state index >= 15 is 0 Å². The molecular weight excluding hydrogens is 691 g/mol. The summed E-state index contributed by atoms with van der Waals surface area (Å²) in [6, 6.07) is 67.0. The van der Waals surface area contributed by atoms with E-state index in [0.29, 0.717) is 5.82 Å². The van der Waals surface area contributed by atoms with Gasteiger partial charge in [-0.2, -0.15) is 0 Å². The van der Waals surface area contributed by atoms with Crippen LogP contribution in [-0.4, -0.2) is 15.0 Å². The lowest BCUT2D eigenvalue weighted by atomic mass is 9.78. The van der Waals surface area contributed by atoms with Gasteiger partial charge in [0, 0.05) is 33.1 Å². The van der Waals surface area contributed by atoms with Gasteiger partial charge in [0.25, 0.3) is 0 Å². The Labute approximate surface area is 332 Å². The standard InChI is InChI=1S/C54H37N3/c1-54(2)45-20-12-11-19-44(45)52-51(54)49(50-43-18-10-9-15-36(43)29-30-46(50)55-52)41-27-25-40-32-42(28-26-39(40)31-41)53-56-47(37-16-7-4-8-17-37)33-48(57-53)38-23-21-35(22-24-38)34-13-5-3-6-14-34/h3-33H,1-2H3. The molecule has 3 nitrogen and oxygen atoms in total. The van der Waals surface area contributed by atoms with Gasteiger partial charge in [-0.1, -0.05) is 178 Å². The number of hydrogen-bond donors (Lipinski definition) is 0. The van der Waals surface area contributed by atoms with E-state index in [1.165, 1.54) is 60.5 Å². The van der Waals surface area contributed by atoms with Crippen LogP contribution in [0.15, 0.2) is 188 Å². The minimum absolute atomic E-state index is 0.223. The van der Waals surface area contributed by atoms with Crippen LogP contribution in [0, 0.1) is 0 Å². The van der Waals surface area contributed by atoms with Crippen LogP contribution in [-0.2, 0) is 5.41 Å². The van der Waals surface area contributed by atoms with Crippen LogP contribution in [0.4, 0.5) is 0 Å². The smallest absolute Gasteiger partial charge is 0.160 e. The van der Waals surface area contributed by atoms with Crippen molar-refractivity contribution < 1.29 is 0 Å². The highest BCUT2D eigenvalue weighted by Gasteiger charge is 2.39. The van der Waals surface area contributed by atoms with E-state index in [0.717, 1.165) is 44.7 Å². The Balaban J connectivity index is 1.06. The van der Waals surface area contributed by atoms with E-state index in [1.807, 2.05) is 12.1 Å². The molecule has 3 heteroatoms. The molecule has 0 saturated heterocycles. The van der Waals surface area contributed by atoms with Gasteiger partial charge in [0.15, 0.2) is 5.82 Å². The minimum atomic E-state index is -0.223. The van der Waals surface area contributed by atoms with Gasteiger partial charge < -0.3 is 0 Å². The zero-order valence-corrected chi connectivity index (χ0v) is 31.7. The van der Waals surface area contributed by atoms with Crippen molar-refractivity contribution in [2.45, 2.75) is 19.3 Å². The van der Waals surface area contributed by atoms with Crippen LogP contribution >= 0.6 is 0 Å². The van der Waals surface area contributed by atoms with Gasteiger partial charge in [-0.25, -0.2) is 15.0 Å². The van der Waals surface area contributed by atoms with Crippen LogP contribution in [0.3, 0.4) is 0 Å². The molecule has 1 aliphatic carbocycles. The molecule has 0 N–H and O–H groups in total. The fourth-order valence-electron chi connectivity index (χ4n) is 8.98. The highest BCUT2D eigenvalue weighted by molar-refractivity contribution is 6.16. The Hall–Kier alpha value is -7.23. The molecule has 57 heavy (non-hydrogen) atoms. The second kappa shape index (κ2) is 12.9. The maximum absolute atomic E-state index is 5.40. The third-order valence-corrected chi connectivity index (χ3v) is 11.8. The van der Waals surface area contributed by atoms with Crippen LogP contribution in [0.5, 0.6) is 0 Å². The Morgan fingerprint density at radius 1 is 0.404 bits per heavy atom. The Morgan fingerprint density at radius 3 is 1.70 bits per heavy atom. The minimum Gasteiger partial charge on any atom is -0.247 e. The van der Waals surface area contributed by atoms with Crippen molar-refractivity contribution in [1.82, 2.24) is 15.0 Å². The molecule has 0 radical (unpaired) electrons. The fraction of sp³-hybridized carbons (Fsp3) is 0.0556. The lowest BCUT2D eigenvalue weighted by molar-refractivity contribution is 0.662. The summed E-state index contributed by atoms with van der Waals surface area (Å²) in [5.74, 6) is 0.702. The number of nitrogens with zero attached hydrogens (tertiary/aromatic N) is 3. The van der Waals surface area contributed by atoms with E-state index in [4.69, 9.17) is 15.0 Å². The molecule has 0 aliphatic heterocycles. The first-order valence-corrected chi connectivity index (χ1v) is 19.6. The van der Waals surface area contributed by atoms with Crippen molar-refractivity contribution in [2.24, 2.45) is 0 Å². The molecule has 268 valence electrons. The Kier molecular flexibility index (Phi) is 7.52. The van der Waals surface area contributed by atoms with Gasteiger partial charge in [-0.05, 0) is 79.2 Å². The van der Waals surface area contributed by atoms with Crippen molar-refractivity contribution >= 4 is 32.4 Å². The van der Waals surface area contributed by atoms with Crippen molar-refractivity contribution in [2.75, 3.05) is 0 Å². The van der Waals surface area contributed by atoms with E-state index in [1.54, 1.807) is 0 Å². The first kappa shape index (κ1) is 33.1. The van der Waals surface area contributed by atoms with E-state index in [9.17, 15) is 0 Å². The molecule has 0 amide bonds. The topological polar surface area (TPSA) is 38.7 Å². The number of fused-ring (bicyclic) bond motifs is 7. The fourth-order valence-corrected chi connectivity index (χ4v) is 8.98. The molecule has 1 aliphatic rings. The quantitative estimate of drug-likeness (QED) is 0.166. The molecular formula is C54H37N3. The zero-order valence-electron chi connectivity index (χ0n) is 31.7. The van der Waals surface area contributed by atoms with Crippen LogP contribution < -0.4 is 0 Å². The molecule has 2 aromatic heterocycles. The second-order valence-electron chi connectivity index (χ2n) is 15.6. The SMILES string of the molecule is CC1(C)c2ccccc2-c2nc3ccc4ccccc4c3c(-c3ccc4cc(-c5nc(-c6ccccc6)cc(-c6ccc(-c7ccccc7)cc6)n5)ccc4c3)c21. The van der Waals surface area contributed by atoms with E-state index < -0.39 is 0 Å². The summed E-state index contributed by atoms with van der Waals surface area (Å²) in [6.45, 7) is 4.70. The number of rotatable bonds is 5. The summed E-state index contributed by atoms with van der Waals surface area (Å²) in [4.78, 5) is 15.7. The number of pyridine rings is 1. The lowest BCUT2D eigenvalue weighted by Gasteiger charge is -2.26. The van der Waals surface area contributed by atoms with Crippen molar-refractivity contribution in [3.63, 3.8) is 0 Å². The summed E-state index contributed by atoms with van der Waals surface area (Å²) in [5.41, 5.74) is 15.4. The van der Waals surface area contributed by atoms with Crippen LogP contribution in [0.2, 0.25) is 0 Å². The molecule has 0 unspecified atom stereocenters. The molecule has 0 bridgehead atoms. The largest absolute Gasteiger partial charge is 0.247 e. The Morgan fingerprint density at radius 2 is 0.947 bits per heavy atom. The lowest BCUT2D eigenvalue weighted by Crippen LogP contribution is -2.16. The second-order valence-corrected chi connectivity index (χ2v) is 15.6. The molecule has 2 heterocycles. The third kappa shape index (κ3) is 5.46. The summed E-state index contributed by atoms with van der Waals surface area (Å²) in [5, 5.41) is 5.96. The predicted octanol–water partition coefficient (Wildman–Crippen LogP) is 14.0. The van der Waals surface area contributed by atoms with Gasteiger partial charge in [0.05, 0.1) is 22.6 Å². The first-order chi connectivity index (χ1) is 28.0. The summed E-state index contributed by atoms with van der Waals surface area (Å²) >= 11 is 0. The summed E-state index contributed by atoms with van der Waals surface area (Å²) < 4.78 is 0. The normalized spacial score (nSPS) is 12.9. The zero-order chi connectivity index (χ0) is 38.1. The van der Waals surface area contributed by atoms with Gasteiger partial charge >= 0.3 is 0 Å². The average Bonchev–Trinajstić information content (AvgIpc) is 3.51. The van der Waals surface area contributed by atoms with E-state index in [-0.39, 0.29) is 5.41 Å². The van der Waals surface area contributed by atoms with Gasteiger partial charge in [0.2, 0.25) is 0 Å². The van der Waals surface area contributed by atoms with Crippen LogP contribution in [0.25, 0.3) is 99.9 Å². The summed E-state index contributed by atoms with van der Waals surface area (Å²) in [6.07, 6.45) is 0. The molecule has 0 spiro atoms. The van der Waals surface area contributed by atoms with Crippen molar-refractivity contribution in [3.8, 4) is 67.4 Å². The van der Waals surface area contributed by atoms with Crippen LogP contribution in [0.1, 0.15) is 25.0 Å². The number of hydrogen-bond acceptors (Lipinski definition) is 3. The molecule has 0 atom stereocenters. The molecule has 10 aromatic rings. The maximum Gasteiger partial charge on any atom is 0.160 e. The molecule has 0 fully saturated rings. The van der Waals surface area contributed by atoms with E-state index in [2.05, 4.69) is 190 Å². The third-order valence-electron chi connectivity index (χ3n) is 11.8. The number of aromatic nitrogens is 3. The van der Waals surface area contributed by atoms with Crippen molar-refractivity contribution in [3.05, 3.63) is 199 Å². The predicted molar refractivity (Wildman–Crippen MR) is 237 cm³/mol. The van der Waals surface area contributed by atoms with Gasteiger partial charge in [-0.15, -0.1) is 0 Å². The molecule has 11 rings (SSSR count). The monoisotopic (exact) mass is 727 g/mol. The highest BCUT2D eigenvalue weighted by Crippen LogP contribution is 2.54. The maximum atomic E-state index is 5.40. The van der Waals surface area contributed by atoms with Gasteiger partial charge in [-0.3, -0.25) is 0 Å². The number of benzene rings is 8. The van der Waals surface area contributed by atoms with Crippen molar-refractivity contribution in [1.29, 1.82) is 0 Å². The first-order valence-electron chi connectivity index (χ1n) is 19.6. The highest BCUT2D eigenvalue weighted by atomic mass is 14.9. The molecule has 8 aromatic carbocycles. The molecule has 0 saturated carbocycles.